The molecule has 0 saturated carbocycles. The Bertz CT molecular complexity index is 830. The van der Waals surface area contributed by atoms with Gasteiger partial charge in [0, 0.05) is 44.5 Å². The monoisotopic (exact) mass is 413 g/mol. The molecule has 8 heteroatoms. The van der Waals surface area contributed by atoms with Crippen LogP contribution in [0.1, 0.15) is 12.0 Å². The number of nitrogens with zero attached hydrogens (tertiary/aromatic N) is 3. The lowest BCUT2D eigenvalue weighted by Crippen LogP contribution is -2.53. The lowest BCUT2D eigenvalue weighted by atomic mass is 10.00. The van der Waals surface area contributed by atoms with Crippen molar-refractivity contribution in [3.8, 4) is 11.3 Å². The van der Waals surface area contributed by atoms with Gasteiger partial charge in [-0.2, -0.15) is 0 Å². The van der Waals surface area contributed by atoms with E-state index in [1.807, 2.05) is 29.3 Å². The summed E-state index contributed by atoms with van der Waals surface area (Å²) in [7, 11) is 0. The first-order valence-corrected chi connectivity index (χ1v) is 9.92. The number of carboxylic acid groups (broad SMARTS) is 2. The van der Waals surface area contributed by atoms with Gasteiger partial charge in [-0.15, -0.1) is 0 Å². The van der Waals surface area contributed by atoms with Crippen LogP contribution in [0.2, 0.25) is 0 Å². The van der Waals surface area contributed by atoms with Crippen molar-refractivity contribution in [3.63, 3.8) is 0 Å². The zero-order chi connectivity index (χ0) is 21.4. The van der Waals surface area contributed by atoms with E-state index in [0.29, 0.717) is 13.2 Å². The van der Waals surface area contributed by atoms with Gasteiger partial charge in [-0.3, -0.25) is 24.4 Å². The fraction of sp³-hybridized carbons (Fsp3) is 0.409. The number of hydrogen-bond donors (Lipinski definition) is 2. The van der Waals surface area contributed by atoms with Gasteiger partial charge in [-0.1, -0.05) is 30.3 Å². The lowest BCUT2D eigenvalue weighted by Gasteiger charge is -2.40. The highest BCUT2D eigenvalue weighted by atomic mass is 16.5. The Balaban J connectivity index is 0.000000806. The van der Waals surface area contributed by atoms with Crippen LogP contribution in [0, 0.1) is 0 Å². The predicted octanol–water partition coefficient (Wildman–Crippen LogP) is 1.81. The number of aromatic nitrogens is 1. The summed E-state index contributed by atoms with van der Waals surface area (Å²) in [4.78, 5) is 28.1. The topological polar surface area (TPSA) is 103 Å². The van der Waals surface area contributed by atoms with Gasteiger partial charge in [0.1, 0.15) is 0 Å². The van der Waals surface area contributed by atoms with Crippen LogP contribution in [-0.2, 0) is 20.9 Å². The molecule has 2 fully saturated rings. The molecule has 2 aromatic rings. The summed E-state index contributed by atoms with van der Waals surface area (Å²) in [5, 5.41) is 15.9. The van der Waals surface area contributed by atoms with E-state index < -0.39 is 5.97 Å². The zero-order valence-corrected chi connectivity index (χ0v) is 16.8. The number of likely N-dealkylation sites (tertiary alicyclic amines) is 1. The van der Waals surface area contributed by atoms with Crippen molar-refractivity contribution >= 4 is 12.4 Å². The van der Waals surface area contributed by atoms with Crippen molar-refractivity contribution in [2.75, 3.05) is 39.3 Å². The second-order valence-corrected chi connectivity index (χ2v) is 7.61. The van der Waals surface area contributed by atoms with E-state index in [2.05, 4.69) is 34.1 Å². The lowest BCUT2D eigenvalue weighted by molar-refractivity contribution is -0.139. The van der Waals surface area contributed by atoms with Crippen LogP contribution in [0.3, 0.4) is 0 Å². The van der Waals surface area contributed by atoms with Crippen molar-refractivity contribution in [3.05, 3.63) is 54.2 Å². The van der Waals surface area contributed by atoms with Gasteiger partial charge in [0.25, 0.3) is 6.47 Å². The van der Waals surface area contributed by atoms with E-state index in [1.165, 1.54) is 5.56 Å². The fourth-order valence-electron chi connectivity index (χ4n) is 4.13. The quantitative estimate of drug-likeness (QED) is 0.716. The largest absolute Gasteiger partial charge is 0.483 e. The number of hydrogen-bond acceptors (Lipinski definition) is 6. The molecule has 30 heavy (non-hydrogen) atoms. The Hall–Kier alpha value is -2.81. The van der Waals surface area contributed by atoms with E-state index in [1.54, 1.807) is 0 Å². The third-order valence-corrected chi connectivity index (χ3v) is 5.40. The van der Waals surface area contributed by atoms with Crippen molar-refractivity contribution in [2.45, 2.75) is 18.6 Å². The molecular formula is C22H27N3O5. The van der Waals surface area contributed by atoms with Crippen LogP contribution in [0.4, 0.5) is 0 Å². The molecule has 1 aromatic carbocycles. The maximum Gasteiger partial charge on any atom is 0.317 e. The summed E-state index contributed by atoms with van der Waals surface area (Å²) >= 11 is 0. The highest BCUT2D eigenvalue weighted by Crippen LogP contribution is 2.30. The smallest absolute Gasteiger partial charge is 0.317 e. The highest BCUT2D eigenvalue weighted by Gasteiger charge is 2.42. The molecule has 2 aliphatic heterocycles. The number of rotatable bonds is 5. The Morgan fingerprint density at radius 1 is 1.13 bits per heavy atom. The first-order chi connectivity index (χ1) is 14.5. The molecule has 0 aliphatic carbocycles. The molecule has 0 amide bonds. The summed E-state index contributed by atoms with van der Waals surface area (Å²) in [5.41, 5.74) is 3.16. The Kier molecular flexibility index (Phi) is 7.51. The van der Waals surface area contributed by atoms with Crippen LogP contribution in [0.15, 0.2) is 48.7 Å². The zero-order valence-electron chi connectivity index (χ0n) is 16.8. The Labute approximate surface area is 175 Å². The normalized spacial score (nSPS) is 21.7. The minimum absolute atomic E-state index is 0.0973. The first-order valence-electron chi connectivity index (χ1n) is 9.92. The Morgan fingerprint density at radius 2 is 1.87 bits per heavy atom. The summed E-state index contributed by atoms with van der Waals surface area (Å²) in [6.07, 6.45) is 2.71. The average molecular weight is 413 g/mol. The number of benzene rings is 1. The van der Waals surface area contributed by atoms with E-state index in [-0.39, 0.29) is 18.6 Å². The number of morpholine rings is 1. The summed E-state index contributed by atoms with van der Waals surface area (Å²) in [6, 6.07) is 14.5. The molecule has 1 atom stereocenters. The summed E-state index contributed by atoms with van der Waals surface area (Å²) < 4.78 is 6.10. The summed E-state index contributed by atoms with van der Waals surface area (Å²) in [6.45, 7) is 4.68. The maximum atomic E-state index is 11.0. The summed E-state index contributed by atoms with van der Waals surface area (Å²) in [5.74, 6) is -0.771. The molecule has 1 aromatic heterocycles. The van der Waals surface area contributed by atoms with Crippen LogP contribution in [0.5, 0.6) is 0 Å². The van der Waals surface area contributed by atoms with Gasteiger partial charge < -0.3 is 14.9 Å². The molecule has 2 N–H and O–H groups in total. The number of carboxylic acids is 1. The van der Waals surface area contributed by atoms with Gasteiger partial charge >= 0.3 is 5.97 Å². The Morgan fingerprint density at radius 3 is 2.53 bits per heavy atom. The van der Waals surface area contributed by atoms with Crippen molar-refractivity contribution in [1.82, 2.24) is 14.8 Å². The molecule has 3 heterocycles. The minimum Gasteiger partial charge on any atom is -0.483 e. The number of carbonyl (C=O) groups is 2. The fourth-order valence-corrected chi connectivity index (χ4v) is 4.13. The van der Waals surface area contributed by atoms with Gasteiger partial charge in [0.15, 0.2) is 0 Å². The predicted molar refractivity (Wildman–Crippen MR) is 111 cm³/mol. The van der Waals surface area contributed by atoms with E-state index in [0.717, 1.165) is 43.9 Å². The minimum atomic E-state index is -0.771. The van der Waals surface area contributed by atoms with Crippen molar-refractivity contribution < 1.29 is 24.5 Å². The van der Waals surface area contributed by atoms with Gasteiger partial charge in [0.05, 0.1) is 24.4 Å². The van der Waals surface area contributed by atoms with Gasteiger partial charge in [0.2, 0.25) is 0 Å². The molecule has 4 rings (SSSR count). The number of pyridine rings is 1. The van der Waals surface area contributed by atoms with E-state index in [9.17, 15) is 4.79 Å². The van der Waals surface area contributed by atoms with E-state index in [4.69, 9.17) is 19.7 Å². The molecule has 1 spiro atoms. The van der Waals surface area contributed by atoms with Crippen molar-refractivity contribution in [1.29, 1.82) is 0 Å². The third kappa shape index (κ3) is 5.85. The van der Waals surface area contributed by atoms with Crippen LogP contribution in [-0.4, -0.2) is 82.4 Å². The van der Waals surface area contributed by atoms with Crippen LogP contribution >= 0.6 is 0 Å². The first kappa shape index (κ1) is 21.9. The molecular weight excluding hydrogens is 386 g/mol. The molecule has 1 unspecified atom stereocenters. The van der Waals surface area contributed by atoms with Crippen LogP contribution < -0.4 is 0 Å². The van der Waals surface area contributed by atoms with Crippen LogP contribution in [0.25, 0.3) is 11.3 Å². The average Bonchev–Trinajstić information content (AvgIpc) is 3.10. The van der Waals surface area contributed by atoms with Gasteiger partial charge in [-0.25, -0.2) is 0 Å². The standard InChI is InChI=1S/C21H25N3O3.CH2O2/c25-20(26)14-23-10-8-21(15-23)16-24(11-12-27-21)13-17-4-6-18(7-5-17)19-3-1-2-9-22-19;2-1-3/h1-7,9H,8,10-16H2,(H,25,26);1H,(H,2,3). The molecule has 2 aliphatic rings. The van der Waals surface area contributed by atoms with Crippen molar-refractivity contribution in [2.24, 2.45) is 0 Å². The number of ether oxygens (including phenoxy) is 1. The van der Waals surface area contributed by atoms with E-state index >= 15 is 0 Å². The third-order valence-electron chi connectivity index (χ3n) is 5.40. The molecule has 2 saturated heterocycles. The molecule has 0 bridgehead atoms. The second kappa shape index (κ2) is 10.3. The molecule has 160 valence electrons. The molecule has 8 nitrogen and oxygen atoms in total. The maximum absolute atomic E-state index is 11.0. The number of aliphatic carboxylic acids is 1. The second-order valence-electron chi connectivity index (χ2n) is 7.61. The van der Waals surface area contributed by atoms with Gasteiger partial charge in [-0.05, 0) is 24.1 Å². The molecule has 0 radical (unpaired) electrons. The SMILES string of the molecule is O=C(O)CN1CCC2(C1)CN(Cc1ccc(-c3ccccn3)cc1)CCO2.O=CO. The highest BCUT2D eigenvalue weighted by molar-refractivity contribution is 5.69.